The van der Waals surface area contributed by atoms with E-state index in [-0.39, 0.29) is 18.0 Å². The number of ether oxygens (including phenoxy) is 1. The average Bonchev–Trinajstić information content (AvgIpc) is 3.39. The van der Waals surface area contributed by atoms with Gasteiger partial charge in [0.2, 0.25) is 11.8 Å². The molecule has 1 aromatic rings. The minimum absolute atomic E-state index is 0.0255. The molecule has 152 valence electrons. The standard InChI is InChI=1S/C18H23F2N5O3/c19-18(20)9-25(10-18)13-4-3-12(23-16(13)28-6-11-1-2-11)15(27)24-17(5-14(21)26)7-22-8-17/h3-4,11,22H,1-2,5-10H2,(H2,21,26)(H,24,27). The van der Waals surface area contributed by atoms with Crippen LogP contribution in [0, 0.1) is 5.92 Å². The molecule has 3 heterocycles. The van der Waals surface area contributed by atoms with Crippen molar-refractivity contribution in [1.29, 1.82) is 0 Å². The molecule has 0 aromatic carbocycles. The molecule has 2 aliphatic heterocycles. The Morgan fingerprint density at radius 1 is 1.32 bits per heavy atom. The number of primary amides is 1. The summed E-state index contributed by atoms with van der Waals surface area (Å²) in [6.45, 7) is 0.535. The van der Waals surface area contributed by atoms with Crippen molar-refractivity contribution >= 4 is 17.5 Å². The lowest BCUT2D eigenvalue weighted by Crippen LogP contribution is -2.70. The molecule has 10 heteroatoms. The molecule has 1 saturated carbocycles. The van der Waals surface area contributed by atoms with Gasteiger partial charge >= 0.3 is 0 Å². The smallest absolute Gasteiger partial charge is 0.282 e. The number of carbonyl (C=O) groups is 2. The van der Waals surface area contributed by atoms with E-state index in [1.165, 1.54) is 11.0 Å². The first kappa shape index (κ1) is 18.9. The second-order valence-corrected chi connectivity index (χ2v) is 7.97. The maximum absolute atomic E-state index is 13.3. The fourth-order valence-electron chi connectivity index (χ4n) is 3.39. The lowest BCUT2D eigenvalue weighted by atomic mass is 9.88. The fourth-order valence-corrected chi connectivity index (χ4v) is 3.39. The van der Waals surface area contributed by atoms with E-state index in [1.807, 2.05) is 0 Å². The van der Waals surface area contributed by atoms with Crippen molar-refractivity contribution in [3.63, 3.8) is 0 Å². The molecule has 1 aliphatic carbocycles. The zero-order chi connectivity index (χ0) is 19.9. The van der Waals surface area contributed by atoms with Crippen molar-refractivity contribution in [1.82, 2.24) is 15.6 Å². The van der Waals surface area contributed by atoms with Crippen LogP contribution in [-0.4, -0.2) is 61.0 Å². The molecule has 0 atom stereocenters. The van der Waals surface area contributed by atoms with Crippen LogP contribution >= 0.6 is 0 Å². The molecular formula is C18H23F2N5O3. The Kier molecular flexibility index (Phi) is 4.60. The van der Waals surface area contributed by atoms with Crippen molar-refractivity contribution in [2.24, 2.45) is 11.7 Å². The number of hydrogen-bond donors (Lipinski definition) is 3. The minimum Gasteiger partial charge on any atom is -0.476 e. The van der Waals surface area contributed by atoms with Crippen molar-refractivity contribution in [3.05, 3.63) is 17.8 Å². The molecule has 3 fully saturated rings. The predicted octanol–water partition coefficient (Wildman–Crippen LogP) is 0.273. The molecule has 0 unspecified atom stereocenters. The normalized spacial score (nSPS) is 22.0. The Morgan fingerprint density at radius 3 is 2.57 bits per heavy atom. The molecule has 0 radical (unpaired) electrons. The van der Waals surface area contributed by atoms with Gasteiger partial charge in [0, 0.05) is 13.1 Å². The molecule has 0 bridgehead atoms. The number of nitrogens with zero attached hydrogens (tertiary/aromatic N) is 2. The van der Waals surface area contributed by atoms with Crippen LogP contribution in [0.15, 0.2) is 12.1 Å². The third kappa shape index (κ3) is 4.01. The van der Waals surface area contributed by atoms with E-state index < -0.39 is 36.4 Å². The Labute approximate surface area is 160 Å². The first-order chi connectivity index (χ1) is 13.3. The largest absolute Gasteiger partial charge is 0.476 e. The Balaban J connectivity index is 1.51. The van der Waals surface area contributed by atoms with Crippen molar-refractivity contribution in [2.75, 3.05) is 37.7 Å². The second kappa shape index (κ2) is 6.84. The summed E-state index contributed by atoms with van der Waals surface area (Å²) < 4.78 is 32.3. The van der Waals surface area contributed by atoms with Gasteiger partial charge in [0.15, 0.2) is 0 Å². The number of nitrogens with one attached hydrogen (secondary N) is 2. The van der Waals surface area contributed by atoms with Gasteiger partial charge in [-0.3, -0.25) is 9.59 Å². The number of nitrogens with two attached hydrogens (primary N) is 1. The van der Waals surface area contributed by atoms with Crippen LogP contribution in [0.1, 0.15) is 29.8 Å². The SMILES string of the molecule is NC(=O)CC1(NC(=O)c2ccc(N3CC(F)(F)C3)c(OCC3CC3)n2)CNC1. The first-order valence-electron chi connectivity index (χ1n) is 9.33. The van der Waals surface area contributed by atoms with Gasteiger partial charge in [-0.15, -0.1) is 0 Å². The van der Waals surface area contributed by atoms with Crippen LogP contribution in [0.4, 0.5) is 14.5 Å². The highest BCUT2D eigenvalue weighted by molar-refractivity contribution is 5.94. The summed E-state index contributed by atoms with van der Waals surface area (Å²) in [7, 11) is 0. The van der Waals surface area contributed by atoms with E-state index in [2.05, 4.69) is 15.6 Å². The molecule has 4 rings (SSSR count). The van der Waals surface area contributed by atoms with E-state index >= 15 is 0 Å². The number of carbonyl (C=O) groups excluding carboxylic acids is 2. The molecular weight excluding hydrogens is 372 g/mol. The molecule has 4 N–H and O–H groups in total. The van der Waals surface area contributed by atoms with Gasteiger partial charge in [-0.2, -0.15) is 0 Å². The van der Waals surface area contributed by atoms with Crippen molar-refractivity contribution < 1.29 is 23.1 Å². The Morgan fingerprint density at radius 2 is 2.04 bits per heavy atom. The number of aromatic nitrogens is 1. The summed E-state index contributed by atoms with van der Waals surface area (Å²) in [6.07, 6.45) is 2.16. The van der Waals surface area contributed by atoms with Crippen LogP contribution in [0.3, 0.4) is 0 Å². The third-order valence-corrected chi connectivity index (χ3v) is 5.23. The number of halogens is 2. The number of hydrogen-bond acceptors (Lipinski definition) is 6. The zero-order valence-electron chi connectivity index (χ0n) is 15.3. The van der Waals surface area contributed by atoms with E-state index in [4.69, 9.17) is 10.5 Å². The molecule has 0 spiro atoms. The highest BCUT2D eigenvalue weighted by Crippen LogP contribution is 2.38. The van der Waals surface area contributed by atoms with Crippen LogP contribution in [0.25, 0.3) is 0 Å². The average molecular weight is 395 g/mol. The highest BCUT2D eigenvalue weighted by Gasteiger charge is 2.45. The maximum atomic E-state index is 13.3. The van der Waals surface area contributed by atoms with Gasteiger partial charge in [0.1, 0.15) is 11.4 Å². The lowest BCUT2D eigenvalue weighted by Gasteiger charge is -2.42. The molecule has 28 heavy (non-hydrogen) atoms. The van der Waals surface area contributed by atoms with Gasteiger partial charge in [-0.05, 0) is 30.9 Å². The summed E-state index contributed by atoms with van der Waals surface area (Å²) in [5.41, 5.74) is 5.12. The quantitative estimate of drug-likeness (QED) is 0.583. The summed E-state index contributed by atoms with van der Waals surface area (Å²) in [5, 5.41) is 5.83. The van der Waals surface area contributed by atoms with Crippen molar-refractivity contribution in [3.8, 4) is 5.88 Å². The monoisotopic (exact) mass is 395 g/mol. The topological polar surface area (TPSA) is 110 Å². The molecule has 8 nitrogen and oxygen atoms in total. The second-order valence-electron chi connectivity index (χ2n) is 7.97. The first-order valence-corrected chi connectivity index (χ1v) is 9.33. The van der Waals surface area contributed by atoms with E-state index in [0.29, 0.717) is 31.3 Å². The van der Waals surface area contributed by atoms with E-state index in [9.17, 15) is 18.4 Å². The molecule has 3 aliphatic rings. The maximum Gasteiger partial charge on any atom is 0.282 e. The summed E-state index contributed by atoms with van der Waals surface area (Å²) >= 11 is 0. The van der Waals surface area contributed by atoms with Gasteiger partial charge in [-0.1, -0.05) is 0 Å². The third-order valence-electron chi connectivity index (χ3n) is 5.23. The molecule has 2 saturated heterocycles. The summed E-state index contributed by atoms with van der Waals surface area (Å²) in [6, 6.07) is 3.06. The fraction of sp³-hybridized carbons (Fsp3) is 0.611. The lowest BCUT2D eigenvalue weighted by molar-refractivity contribution is -0.119. The molecule has 2 amide bonds. The highest BCUT2D eigenvalue weighted by atomic mass is 19.3. The van der Waals surface area contributed by atoms with E-state index in [0.717, 1.165) is 12.8 Å². The number of amides is 2. The predicted molar refractivity (Wildman–Crippen MR) is 96.5 cm³/mol. The van der Waals surface area contributed by atoms with Crippen LogP contribution < -0.4 is 26.0 Å². The van der Waals surface area contributed by atoms with E-state index in [1.54, 1.807) is 6.07 Å². The van der Waals surface area contributed by atoms with Gasteiger partial charge in [0.25, 0.3) is 11.8 Å². The van der Waals surface area contributed by atoms with Crippen LogP contribution in [0.5, 0.6) is 5.88 Å². The van der Waals surface area contributed by atoms with Crippen molar-refractivity contribution in [2.45, 2.75) is 30.7 Å². The number of alkyl halides is 2. The Bertz CT molecular complexity index is 787. The number of pyridine rings is 1. The van der Waals surface area contributed by atoms with Gasteiger partial charge in [0.05, 0.1) is 31.7 Å². The van der Waals surface area contributed by atoms with Crippen LogP contribution in [-0.2, 0) is 4.79 Å². The van der Waals surface area contributed by atoms with Gasteiger partial charge in [-0.25, -0.2) is 13.8 Å². The molecule has 1 aromatic heterocycles. The van der Waals surface area contributed by atoms with Crippen LogP contribution in [0.2, 0.25) is 0 Å². The zero-order valence-corrected chi connectivity index (χ0v) is 15.3. The number of anilines is 1. The minimum atomic E-state index is -2.72. The summed E-state index contributed by atoms with van der Waals surface area (Å²) in [4.78, 5) is 29.7. The Hall–Kier alpha value is -2.49. The van der Waals surface area contributed by atoms with Gasteiger partial charge < -0.3 is 26.0 Å². The summed E-state index contributed by atoms with van der Waals surface area (Å²) in [5.74, 6) is -3.05. The number of rotatable bonds is 8.